The van der Waals surface area contributed by atoms with Crippen LogP contribution in [-0.2, 0) is 0 Å². The first-order valence-electron chi connectivity index (χ1n) is 6.09. The van der Waals surface area contributed by atoms with Gasteiger partial charge >= 0.3 is 0 Å². The molecular formula is C13H27N3. The topological polar surface area (TPSA) is 53.0 Å². The molecule has 94 valence electrons. The Kier molecular flexibility index (Phi) is 5.99. The first kappa shape index (κ1) is 15.4. The Bertz CT molecular complexity index is 237. The monoisotopic (exact) mass is 225 g/mol. The molecule has 0 radical (unpaired) electrons. The van der Waals surface area contributed by atoms with Crippen molar-refractivity contribution in [2.75, 3.05) is 13.6 Å². The maximum absolute atomic E-state index is 8.86. The van der Waals surface area contributed by atoms with E-state index < -0.39 is 0 Å². The molecule has 0 aliphatic rings. The number of rotatable bonds is 5. The molecule has 3 heteroatoms. The van der Waals surface area contributed by atoms with E-state index in [1.54, 1.807) is 0 Å². The predicted octanol–water partition coefficient (Wildman–Crippen LogP) is 2.23. The van der Waals surface area contributed by atoms with Gasteiger partial charge in [-0.05, 0) is 25.8 Å². The summed E-state index contributed by atoms with van der Waals surface area (Å²) in [5.41, 5.74) is 6.34. The Morgan fingerprint density at radius 1 is 1.38 bits per heavy atom. The van der Waals surface area contributed by atoms with Crippen molar-refractivity contribution in [2.45, 2.75) is 53.1 Å². The molecule has 0 heterocycles. The van der Waals surface area contributed by atoms with Gasteiger partial charge in [0.2, 0.25) is 0 Å². The van der Waals surface area contributed by atoms with E-state index in [2.05, 4.69) is 45.7 Å². The van der Waals surface area contributed by atoms with Crippen LogP contribution in [0.4, 0.5) is 0 Å². The first-order valence-corrected chi connectivity index (χ1v) is 6.09. The summed E-state index contributed by atoms with van der Waals surface area (Å²) < 4.78 is 0. The van der Waals surface area contributed by atoms with Gasteiger partial charge in [-0.3, -0.25) is 0 Å². The van der Waals surface area contributed by atoms with Crippen molar-refractivity contribution in [3.8, 4) is 6.07 Å². The number of hydrogen-bond donors (Lipinski definition) is 1. The molecule has 0 aliphatic heterocycles. The molecule has 0 aromatic heterocycles. The summed E-state index contributed by atoms with van der Waals surface area (Å²) in [6.45, 7) is 11.5. The highest BCUT2D eigenvalue weighted by molar-refractivity contribution is 4.92. The van der Waals surface area contributed by atoms with E-state index in [1.807, 2.05) is 6.92 Å². The molecule has 0 saturated carbocycles. The molecule has 0 bridgehead atoms. The van der Waals surface area contributed by atoms with Crippen molar-refractivity contribution >= 4 is 0 Å². The van der Waals surface area contributed by atoms with Crippen molar-refractivity contribution in [3.05, 3.63) is 0 Å². The summed E-state index contributed by atoms with van der Waals surface area (Å²) in [5.74, 6) is 0.0545. The van der Waals surface area contributed by atoms with Crippen LogP contribution < -0.4 is 5.73 Å². The highest BCUT2D eigenvalue weighted by atomic mass is 15.2. The van der Waals surface area contributed by atoms with Gasteiger partial charge in [-0.1, -0.05) is 27.7 Å². The molecular weight excluding hydrogens is 198 g/mol. The minimum absolute atomic E-state index is 0.0545. The van der Waals surface area contributed by atoms with Crippen LogP contribution >= 0.6 is 0 Å². The van der Waals surface area contributed by atoms with Gasteiger partial charge in [0.15, 0.2) is 0 Å². The molecule has 0 rings (SSSR count). The maximum Gasteiger partial charge on any atom is 0.0666 e. The number of hydrogen-bond acceptors (Lipinski definition) is 3. The predicted molar refractivity (Wildman–Crippen MR) is 68.9 cm³/mol. The number of nitrogens with two attached hydrogens (primary N) is 1. The molecule has 16 heavy (non-hydrogen) atoms. The standard InChI is InChI=1S/C13H27N3/c1-7-11(15)12(13(3,4)5)16(6)9-10(2)8-14/h10-12H,7,9,15H2,1-6H3. The van der Waals surface area contributed by atoms with E-state index in [9.17, 15) is 0 Å². The molecule has 0 amide bonds. The highest BCUT2D eigenvalue weighted by Gasteiger charge is 2.32. The van der Waals surface area contributed by atoms with Crippen LogP contribution in [0.5, 0.6) is 0 Å². The molecule has 2 N–H and O–H groups in total. The molecule has 0 aromatic carbocycles. The normalized spacial score (nSPS) is 17.9. The van der Waals surface area contributed by atoms with Crippen molar-refractivity contribution < 1.29 is 0 Å². The average Bonchev–Trinajstić information content (AvgIpc) is 2.15. The maximum atomic E-state index is 8.86. The van der Waals surface area contributed by atoms with Gasteiger partial charge in [0.25, 0.3) is 0 Å². The van der Waals surface area contributed by atoms with Crippen LogP contribution in [0.2, 0.25) is 0 Å². The first-order chi connectivity index (χ1) is 7.23. The lowest BCUT2D eigenvalue weighted by atomic mass is 9.80. The smallest absolute Gasteiger partial charge is 0.0666 e. The Hall–Kier alpha value is -0.590. The minimum atomic E-state index is 0.0545. The molecule has 3 nitrogen and oxygen atoms in total. The largest absolute Gasteiger partial charge is 0.326 e. The Morgan fingerprint density at radius 2 is 1.88 bits per heavy atom. The summed E-state index contributed by atoms with van der Waals surface area (Å²) >= 11 is 0. The van der Waals surface area contributed by atoms with Crippen molar-refractivity contribution in [1.82, 2.24) is 4.90 Å². The molecule has 0 aromatic rings. The lowest BCUT2D eigenvalue weighted by Crippen LogP contribution is -2.53. The summed E-state index contributed by atoms with van der Waals surface area (Å²) in [6.07, 6.45) is 0.965. The van der Waals surface area contributed by atoms with Gasteiger partial charge in [-0.2, -0.15) is 5.26 Å². The van der Waals surface area contributed by atoms with E-state index >= 15 is 0 Å². The van der Waals surface area contributed by atoms with Gasteiger partial charge in [-0.15, -0.1) is 0 Å². The second-order valence-electron chi connectivity index (χ2n) is 5.85. The zero-order valence-electron chi connectivity index (χ0n) is 11.6. The molecule has 3 atom stereocenters. The van der Waals surface area contributed by atoms with Gasteiger partial charge in [0, 0.05) is 18.6 Å². The second-order valence-corrected chi connectivity index (χ2v) is 5.85. The quantitative estimate of drug-likeness (QED) is 0.780. The van der Waals surface area contributed by atoms with Crippen LogP contribution in [0.3, 0.4) is 0 Å². The van der Waals surface area contributed by atoms with Gasteiger partial charge < -0.3 is 10.6 Å². The van der Waals surface area contributed by atoms with Crippen molar-refractivity contribution in [1.29, 1.82) is 5.26 Å². The molecule has 0 aliphatic carbocycles. The zero-order chi connectivity index (χ0) is 12.9. The minimum Gasteiger partial charge on any atom is -0.326 e. The van der Waals surface area contributed by atoms with Gasteiger partial charge in [-0.25, -0.2) is 0 Å². The van der Waals surface area contributed by atoms with E-state index in [1.165, 1.54) is 0 Å². The molecule has 0 saturated heterocycles. The lowest BCUT2D eigenvalue weighted by molar-refractivity contribution is 0.0935. The molecule has 0 spiro atoms. The highest BCUT2D eigenvalue weighted by Crippen LogP contribution is 2.27. The van der Waals surface area contributed by atoms with Gasteiger partial charge in [0.05, 0.1) is 12.0 Å². The van der Waals surface area contributed by atoms with E-state index in [0.29, 0.717) is 6.04 Å². The Labute approximate surface area is 101 Å². The van der Waals surface area contributed by atoms with Gasteiger partial charge in [0.1, 0.15) is 0 Å². The second kappa shape index (κ2) is 6.22. The van der Waals surface area contributed by atoms with Crippen molar-refractivity contribution in [2.24, 2.45) is 17.1 Å². The van der Waals surface area contributed by atoms with Crippen LogP contribution in [0.1, 0.15) is 41.0 Å². The molecule has 3 unspecified atom stereocenters. The third kappa shape index (κ3) is 4.51. The molecule has 0 fully saturated rings. The van der Waals surface area contributed by atoms with E-state index in [4.69, 9.17) is 11.0 Å². The average molecular weight is 225 g/mol. The van der Waals surface area contributed by atoms with Crippen LogP contribution in [0, 0.1) is 22.7 Å². The fourth-order valence-corrected chi connectivity index (χ4v) is 2.44. The van der Waals surface area contributed by atoms with Crippen molar-refractivity contribution in [3.63, 3.8) is 0 Å². The Balaban J connectivity index is 4.72. The van der Waals surface area contributed by atoms with Crippen LogP contribution in [0.15, 0.2) is 0 Å². The summed E-state index contributed by atoms with van der Waals surface area (Å²) in [6, 6.07) is 2.75. The Morgan fingerprint density at radius 3 is 2.19 bits per heavy atom. The van der Waals surface area contributed by atoms with E-state index in [-0.39, 0.29) is 17.4 Å². The van der Waals surface area contributed by atoms with Crippen LogP contribution in [0.25, 0.3) is 0 Å². The number of likely N-dealkylation sites (N-methyl/N-ethyl adjacent to an activating group) is 1. The van der Waals surface area contributed by atoms with E-state index in [0.717, 1.165) is 13.0 Å². The number of nitriles is 1. The zero-order valence-corrected chi connectivity index (χ0v) is 11.6. The summed E-state index contributed by atoms with van der Waals surface area (Å²) in [7, 11) is 2.07. The fourth-order valence-electron chi connectivity index (χ4n) is 2.44. The third-order valence-electron chi connectivity index (χ3n) is 3.02. The third-order valence-corrected chi connectivity index (χ3v) is 3.02. The summed E-state index contributed by atoms with van der Waals surface area (Å²) in [4.78, 5) is 2.24. The summed E-state index contributed by atoms with van der Waals surface area (Å²) in [5, 5.41) is 8.86. The lowest BCUT2D eigenvalue weighted by Gasteiger charge is -2.42. The fraction of sp³-hybridized carbons (Fsp3) is 0.923. The van der Waals surface area contributed by atoms with Crippen LogP contribution in [-0.4, -0.2) is 30.6 Å². The number of nitrogens with zero attached hydrogens (tertiary/aromatic N) is 2. The SMILES string of the molecule is CCC(N)C(N(C)CC(C)C#N)C(C)(C)C.